The summed E-state index contributed by atoms with van der Waals surface area (Å²) in [5.74, 6) is 0.252. The van der Waals surface area contributed by atoms with Crippen molar-refractivity contribution >= 4 is 11.8 Å². The summed E-state index contributed by atoms with van der Waals surface area (Å²) < 4.78 is 0. The van der Waals surface area contributed by atoms with Gasteiger partial charge in [0.2, 0.25) is 0 Å². The molecule has 0 aliphatic carbocycles. The van der Waals surface area contributed by atoms with E-state index in [2.05, 4.69) is 15.0 Å². The van der Waals surface area contributed by atoms with Crippen molar-refractivity contribution in [3.05, 3.63) is 87.6 Å². The van der Waals surface area contributed by atoms with Gasteiger partial charge in [0.25, 0.3) is 17.4 Å². The lowest BCUT2D eigenvalue weighted by atomic mass is 9.99. The van der Waals surface area contributed by atoms with E-state index in [0.29, 0.717) is 47.7 Å². The Kier molecular flexibility index (Phi) is 5.68. The van der Waals surface area contributed by atoms with Gasteiger partial charge in [-0.05, 0) is 43.5 Å². The van der Waals surface area contributed by atoms with E-state index in [1.807, 2.05) is 0 Å². The zero-order valence-electron chi connectivity index (χ0n) is 18.1. The number of fused-ring (bicyclic) bond motifs is 1. The quantitative estimate of drug-likeness (QED) is 0.662. The first-order valence-electron chi connectivity index (χ1n) is 11.1. The molecule has 2 amide bonds. The smallest absolute Gasteiger partial charge is 0.256 e. The molecule has 5 rings (SSSR count). The number of aromatic nitrogens is 4. The number of piperidine rings is 1. The van der Waals surface area contributed by atoms with Crippen molar-refractivity contribution in [2.75, 3.05) is 13.1 Å². The zero-order chi connectivity index (χ0) is 22.8. The van der Waals surface area contributed by atoms with Crippen molar-refractivity contribution in [3.8, 4) is 0 Å². The van der Waals surface area contributed by atoms with Gasteiger partial charge >= 0.3 is 0 Å². The van der Waals surface area contributed by atoms with Crippen LogP contribution >= 0.6 is 0 Å². The van der Waals surface area contributed by atoms with E-state index < -0.39 is 0 Å². The third-order valence-electron chi connectivity index (χ3n) is 6.27. The molecular weight excluding hydrogens is 420 g/mol. The molecule has 0 spiro atoms. The summed E-state index contributed by atoms with van der Waals surface area (Å²) in [4.78, 5) is 58.1. The van der Waals surface area contributed by atoms with Crippen LogP contribution < -0.4 is 5.56 Å². The number of likely N-dealkylation sites (tertiary alicyclic amines) is 1. The molecule has 0 unspecified atom stereocenters. The second kappa shape index (κ2) is 8.93. The topological polar surface area (TPSA) is 112 Å². The predicted octanol–water partition coefficient (Wildman–Crippen LogP) is 2.13. The van der Waals surface area contributed by atoms with Crippen LogP contribution in [0.3, 0.4) is 0 Å². The van der Waals surface area contributed by atoms with Crippen LogP contribution in [0.4, 0.5) is 0 Å². The Balaban J connectivity index is 1.41. The minimum Gasteiger partial charge on any atom is -0.334 e. The number of amides is 2. The molecule has 1 saturated heterocycles. The molecule has 1 atom stereocenters. The van der Waals surface area contributed by atoms with E-state index in [-0.39, 0.29) is 30.0 Å². The van der Waals surface area contributed by atoms with Crippen LogP contribution in [0.1, 0.15) is 63.1 Å². The first-order chi connectivity index (χ1) is 16.1. The Morgan fingerprint density at radius 1 is 0.970 bits per heavy atom. The van der Waals surface area contributed by atoms with Gasteiger partial charge < -0.3 is 14.8 Å². The monoisotopic (exact) mass is 444 g/mol. The van der Waals surface area contributed by atoms with Gasteiger partial charge in [0.15, 0.2) is 0 Å². The molecule has 3 aromatic heterocycles. The number of nitrogens with one attached hydrogen (secondary N) is 1. The van der Waals surface area contributed by atoms with Gasteiger partial charge in [-0.2, -0.15) is 0 Å². The van der Waals surface area contributed by atoms with Crippen LogP contribution in [0.25, 0.3) is 0 Å². The van der Waals surface area contributed by atoms with Crippen LogP contribution in [0.15, 0.2) is 53.8 Å². The number of pyridine rings is 2. The molecule has 5 heterocycles. The van der Waals surface area contributed by atoms with Gasteiger partial charge in [0.05, 0.1) is 35.0 Å². The number of H-pyrrole nitrogens is 1. The van der Waals surface area contributed by atoms with Crippen LogP contribution in [0, 0.1) is 0 Å². The Morgan fingerprint density at radius 2 is 1.70 bits per heavy atom. The highest BCUT2D eigenvalue weighted by molar-refractivity contribution is 5.94. The minimum atomic E-state index is -0.292. The van der Waals surface area contributed by atoms with Gasteiger partial charge in [-0.25, -0.2) is 4.98 Å². The van der Waals surface area contributed by atoms with Gasteiger partial charge in [-0.15, -0.1) is 0 Å². The van der Waals surface area contributed by atoms with Gasteiger partial charge in [-0.3, -0.25) is 24.4 Å². The second-order valence-electron chi connectivity index (χ2n) is 8.35. The highest BCUT2D eigenvalue weighted by Gasteiger charge is 2.32. The number of carbonyl (C=O) groups is 2. The molecule has 1 fully saturated rings. The number of carbonyl (C=O) groups excluding carboxylic acids is 2. The molecule has 2 aliphatic heterocycles. The molecule has 1 N–H and O–H groups in total. The standard InChI is InChI=1S/C24H24N6O3/c31-22-18-15-29(23(32)16-5-3-9-25-13-16)12-8-19(18)27-21(28-22)20-7-1-2-11-30(20)24(33)17-6-4-10-26-14-17/h3-6,9-10,13-14,20H,1-2,7-8,11-12,15H2,(H,27,28,31)/t20-/m0/s1. The third kappa shape index (κ3) is 4.13. The number of rotatable bonds is 3. The first-order valence-corrected chi connectivity index (χ1v) is 11.1. The average Bonchev–Trinajstić information content (AvgIpc) is 2.88. The second-order valence-corrected chi connectivity index (χ2v) is 8.35. The largest absolute Gasteiger partial charge is 0.334 e. The van der Waals surface area contributed by atoms with Crippen molar-refractivity contribution in [2.24, 2.45) is 0 Å². The van der Waals surface area contributed by atoms with Crippen LogP contribution in [-0.4, -0.2) is 54.6 Å². The fourth-order valence-electron chi connectivity index (χ4n) is 4.56. The van der Waals surface area contributed by atoms with E-state index in [0.717, 1.165) is 19.3 Å². The maximum Gasteiger partial charge on any atom is 0.256 e. The normalized spacial score (nSPS) is 18.0. The summed E-state index contributed by atoms with van der Waals surface area (Å²) >= 11 is 0. The van der Waals surface area contributed by atoms with Crippen molar-refractivity contribution in [1.82, 2.24) is 29.7 Å². The Hall–Kier alpha value is -3.88. The van der Waals surface area contributed by atoms with Gasteiger partial charge in [0, 0.05) is 44.3 Å². The molecule has 33 heavy (non-hydrogen) atoms. The summed E-state index contributed by atoms with van der Waals surface area (Å²) in [7, 11) is 0. The highest BCUT2D eigenvalue weighted by Crippen LogP contribution is 2.30. The molecule has 0 aromatic carbocycles. The van der Waals surface area contributed by atoms with Gasteiger partial charge in [0.1, 0.15) is 5.82 Å². The van der Waals surface area contributed by atoms with Crippen molar-refractivity contribution < 1.29 is 9.59 Å². The van der Waals surface area contributed by atoms with E-state index in [1.54, 1.807) is 52.7 Å². The summed E-state index contributed by atoms with van der Waals surface area (Å²) in [5, 5.41) is 0. The van der Waals surface area contributed by atoms with Gasteiger partial charge in [-0.1, -0.05) is 0 Å². The SMILES string of the molecule is O=C(c1cccnc1)N1CCc2nc([C@@H]3CCCCN3C(=O)c3cccnc3)[nH]c(=O)c2C1. The summed E-state index contributed by atoms with van der Waals surface area (Å²) in [6.45, 7) is 1.28. The lowest BCUT2D eigenvalue weighted by molar-refractivity contribution is 0.0596. The molecule has 2 aliphatic rings. The van der Waals surface area contributed by atoms with Crippen LogP contribution in [-0.2, 0) is 13.0 Å². The van der Waals surface area contributed by atoms with Crippen molar-refractivity contribution in [2.45, 2.75) is 38.3 Å². The van der Waals surface area contributed by atoms with Crippen molar-refractivity contribution in [1.29, 1.82) is 0 Å². The zero-order valence-corrected chi connectivity index (χ0v) is 18.1. The summed E-state index contributed by atoms with van der Waals surface area (Å²) in [5.41, 5.74) is 1.97. The minimum absolute atomic E-state index is 0.110. The summed E-state index contributed by atoms with van der Waals surface area (Å²) in [6.07, 6.45) is 9.42. The molecule has 0 saturated carbocycles. The molecule has 9 heteroatoms. The van der Waals surface area contributed by atoms with Crippen molar-refractivity contribution in [3.63, 3.8) is 0 Å². The highest BCUT2D eigenvalue weighted by atomic mass is 16.2. The van der Waals surface area contributed by atoms with E-state index >= 15 is 0 Å². The molecule has 9 nitrogen and oxygen atoms in total. The molecule has 168 valence electrons. The number of aromatic amines is 1. The molecule has 3 aromatic rings. The molecular formula is C24H24N6O3. The van der Waals surface area contributed by atoms with E-state index in [1.165, 1.54) is 6.20 Å². The maximum atomic E-state index is 13.1. The fourth-order valence-corrected chi connectivity index (χ4v) is 4.56. The maximum absolute atomic E-state index is 13.1. The number of hydrogen-bond donors (Lipinski definition) is 1. The van der Waals surface area contributed by atoms with E-state index in [9.17, 15) is 14.4 Å². The predicted molar refractivity (Wildman–Crippen MR) is 119 cm³/mol. The van der Waals surface area contributed by atoms with Crippen LogP contribution in [0.2, 0.25) is 0 Å². The number of hydrogen-bond acceptors (Lipinski definition) is 6. The first kappa shape index (κ1) is 21.0. The molecule has 0 radical (unpaired) electrons. The summed E-state index contributed by atoms with van der Waals surface area (Å²) in [6, 6.07) is 6.63. The Bertz CT molecular complexity index is 1230. The fraction of sp³-hybridized carbons (Fsp3) is 0.333. The Labute approximate surface area is 190 Å². The van der Waals surface area contributed by atoms with Crippen LogP contribution in [0.5, 0.6) is 0 Å². The lowest BCUT2D eigenvalue weighted by Crippen LogP contribution is -2.42. The number of nitrogens with zero attached hydrogens (tertiary/aromatic N) is 5. The van der Waals surface area contributed by atoms with E-state index in [4.69, 9.17) is 4.98 Å². The third-order valence-corrected chi connectivity index (χ3v) is 6.27. The molecule has 0 bridgehead atoms. The average molecular weight is 444 g/mol. The lowest BCUT2D eigenvalue weighted by Gasteiger charge is -2.35. The Morgan fingerprint density at radius 3 is 2.39 bits per heavy atom.